The van der Waals surface area contributed by atoms with E-state index in [1.165, 1.54) is 0 Å². The third-order valence-electron chi connectivity index (χ3n) is 2.52. The summed E-state index contributed by atoms with van der Waals surface area (Å²) in [5.74, 6) is -1.03. The summed E-state index contributed by atoms with van der Waals surface area (Å²) in [5.41, 5.74) is 11.4. The molecule has 0 radical (unpaired) electrons. The number of unbranched alkanes of at least 4 members (excludes halogenated alkanes) is 2. The van der Waals surface area contributed by atoms with Crippen LogP contribution in [0.4, 0.5) is 0 Å². The molecule has 0 rings (SSSR count). The first-order valence-electron chi connectivity index (χ1n) is 5.86. The highest BCUT2D eigenvalue weighted by Crippen LogP contribution is 2.17. The molecule has 0 aromatic carbocycles. The Bertz CT molecular complexity index is 255. The number of hydrogen-bond acceptors (Lipinski definition) is 2. The number of primary amides is 2. The molecule has 0 unspecified atom stereocenters. The SMILES string of the molecule is CCCCC(C(N)=O)=C(CCCC)C(N)=O. The van der Waals surface area contributed by atoms with Crippen molar-refractivity contribution in [1.82, 2.24) is 0 Å². The Labute approximate surface area is 97.1 Å². The van der Waals surface area contributed by atoms with E-state index in [1.807, 2.05) is 13.8 Å². The van der Waals surface area contributed by atoms with Crippen molar-refractivity contribution in [3.63, 3.8) is 0 Å². The summed E-state index contributed by atoms with van der Waals surface area (Å²) >= 11 is 0. The summed E-state index contributed by atoms with van der Waals surface area (Å²) < 4.78 is 0. The van der Waals surface area contributed by atoms with Gasteiger partial charge in [-0.15, -0.1) is 0 Å². The maximum absolute atomic E-state index is 11.3. The maximum Gasteiger partial charge on any atom is 0.245 e. The normalized spacial score (nSPS) is 12.1. The highest BCUT2D eigenvalue weighted by Gasteiger charge is 2.16. The van der Waals surface area contributed by atoms with Gasteiger partial charge in [0.05, 0.1) is 0 Å². The third-order valence-corrected chi connectivity index (χ3v) is 2.52. The molecule has 0 aliphatic heterocycles. The van der Waals surface area contributed by atoms with Crippen LogP contribution in [-0.2, 0) is 9.59 Å². The number of carbonyl (C=O) groups is 2. The van der Waals surface area contributed by atoms with E-state index in [0.717, 1.165) is 25.7 Å². The highest BCUT2D eigenvalue weighted by molar-refractivity contribution is 6.03. The van der Waals surface area contributed by atoms with Crippen LogP contribution in [-0.4, -0.2) is 11.8 Å². The van der Waals surface area contributed by atoms with Gasteiger partial charge in [-0.05, 0) is 25.7 Å². The fourth-order valence-electron chi connectivity index (χ4n) is 1.55. The molecule has 0 spiro atoms. The van der Waals surface area contributed by atoms with Crippen LogP contribution in [0, 0.1) is 0 Å². The summed E-state index contributed by atoms with van der Waals surface area (Å²) in [7, 11) is 0. The zero-order valence-electron chi connectivity index (χ0n) is 10.2. The zero-order valence-corrected chi connectivity index (χ0v) is 10.2. The number of amides is 2. The second kappa shape index (κ2) is 7.91. The van der Waals surface area contributed by atoms with Gasteiger partial charge in [0.15, 0.2) is 0 Å². The van der Waals surface area contributed by atoms with Crippen molar-refractivity contribution < 1.29 is 9.59 Å². The second-order valence-corrected chi connectivity index (χ2v) is 3.89. The number of rotatable bonds is 8. The van der Waals surface area contributed by atoms with Crippen LogP contribution >= 0.6 is 0 Å². The van der Waals surface area contributed by atoms with Gasteiger partial charge in [-0.1, -0.05) is 26.7 Å². The molecule has 0 saturated carbocycles. The van der Waals surface area contributed by atoms with E-state index < -0.39 is 11.8 Å². The first kappa shape index (κ1) is 14.7. The molecule has 0 bridgehead atoms. The van der Waals surface area contributed by atoms with Crippen molar-refractivity contribution in [3.8, 4) is 0 Å². The molecular formula is C12H22N2O2. The van der Waals surface area contributed by atoms with Gasteiger partial charge < -0.3 is 11.5 Å². The van der Waals surface area contributed by atoms with Crippen LogP contribution in [0.3, 0.4) is 0 Å². The number of carbonyl (C=O) groups excluding carboxylic acids is 2. The fraction of sp³-hybridized carbons (Fsp3) is 0.667. The van der Waals surface area contributed by atoms with Crippen molar-refractivity contribution in [2.45, 2.75) is 52.4 Å². The molecule has 4 N–H and O–H groups in total. The summed E-state index contributed by atoms with van der Waals surface area (Å²) in [6.45, 7) is 4.04. The quantitative estimate of drug-likeness (QED) is 0.616. The molecule has 2 amide bonds. The van der Waals surface area contributed by atoms with Gasteiger partial charge in [-0.25, -0.2) is 0 Å². The largest absolute Gasteiger partial charge is 0.366 e. The monoisotopic (exact) mass is 226 g/mol. The van der Waals surface area contributed by atoms with E-state index in [9.17, 15) is 9.59 Å². The molecule has 0 aromatic rings. The molecule has 0 saturated heterocycles. The third kappa shape index (κ3) is 4.96. The van der Waals surface area contributed by atoms with E-state index in [4.69, 9.17) is 11.5 Å². The molecule has 0 aromatic heterocycles. The number of hydrogen-bond donors (Lipinski definition) is 2. The van der Waals surface area contributed by atoms with Crippen LogP contribution in [0.15, 0.2) is 11.1 Å². The lowest BCUT2D eigenvalue weighted by atomic mass is 9.97. The zero-order chi connectivity index (χ0) is 12.6. The lowest BCUT2D eigenvalue weighted by Crippen LogP contribution is -2.23. The fourth-order valence-corrected chi connectivity index (χ4v) is 1.55. The Balaban J connectivity index is 4.94. The molecule has 0 fully saturated rings. The average Bonchev–Trinajstić information content (AvgIpc) is 2.21. The molecule has 4 nitrogen and oxygen atoms in total. The summed E-state index contributed by atoms with van der Waals surface area (Å²) in [6, 6.07) is 0. The van der Waals surface area contributed by atoms with Gasteiger partial charge in [-0.3, -0.25) is 9.59 Å². The molecule has 16 heavy (non-hydrogen) atoms. The minimum atomic E-state index is -0.515. The van der Waals surface area contributed by atoms with Crippen molar-refractivity contribution in [2.24, 2.45) is 11.5 Å². The smallest absolute Gasteiger partial charge is 0.245 e. The van der Waals surface area contributed by atoms with Gasteiger partial charge >= 0.3 is 0 Å². The van der Waals surface area contributed by atoms with Crippen LogP contribution in [0.1, 0.15) is 52.4 Å². The van der Waals surface area contributed by atoms with Crippen LogP contribution in [0.25, 0.3) is 0 Å². The van der Waals surface area contributed by atoms with Gasteiger partial charge in [-0.2, -0.15) is 0 Å². The standard InChI is InChI=1S/C12H22N2O2/c1-3-5-7-9(11(13)15)10(12(14)16)8-6-4-2/h3-8H2,1-2H3,(H2,13,15)(H2,14,16). The predicted molar refractivity (Wildman–Crippen MR) is 64.5 cm³/mol. The average molecular weight is 226 g/mol. The van der Waals surface area contributed by atoms with E-state index in [2.05, 4.69) is 0 Å². The van der Waals surface area contributed by atoms with Crippen molar-refractivity contribution in [2.75, 3.05) is 0 Å². The minimum absolute atomic E-state index is 0.419. The first-order chi connectivity index (χ1) is 7.54. The minimum Gasteiger partial charge on any atom is -0.366 e. The molecular weight excluding hydrogens is 204 g/mol. The van der Waals surface area contributed by atoms with Gasteiger partial charge in [0.2, 0.25) is 11.8 Å². The van der Waals surface area contributed by atoms with Gasteiger partial charge in [0, 0.05) is 11.1 Å². The number of nitrogens with two attached hydrogens (primary N) is 2. The molecule has 0 aliphatic carbocycles. The van der Waals surface area contributed by atoms with E-state index >= 15 is 0 Å². The Morgan fingerprint density at radius 2 is 1.12 bits per heavy atom. The Morgan fingerprint density at radius 3 is 1.31 bits per heavy atom. The van der Waals surface area contributed by atoms with E-state index in [1.54, 1.807) is 0 Å². The second-order valence-electron chi connectivity index (χ2n) is 3.89. The van der Waals surface area contributed by atoms with Crippen molar-refractivity contribution in [1.29, 1.82) is 0 Å². The van der Waals surface area contributed by atoms with Gasteiger partial charge in [0.25, 0.3) is 0 Å². The molecule has 0 heterocycles. The highest BCUT2D eigenvalue weighted by atomic mass is 16.2. The van der Waals surface area contributed by atoms with Crippen molar-refractivity contribution in [3.05, 3.63) is 11.1 Å². The molecule has 4 heteroatoms. The molecule has 0 aliphatic rings. The lowest BCUT2D eigenvalue weighted by Gasteiger charge is -2.09. The van der Waals surface area contributed by atoms with Crippen molar-refractivity contribution >= 4 is 11.8 Å². The van der Waals surface area contributed by atoms with Crippen LogP contribution < -0.4 is 11.5 Å². The lowest BCUT2D eigenvalue weighted by molar-refractivity contribution is -0.117. The van der Waals surface area contributed by atoms with E-state index in [0.29, 0.717) is 24.0 Å². The first-order valence-corrected chi connectivity index (χ1v) is 5.86. The molecule has 0 atom stereocenters. The molecule has 92 valence electrons. The topological polar surface area (TPSA) is 86.2 Å². The maximum atomic E-state index is 11.3. The Morgan fingerprint density at radius 1 is 0.812 bits per heavy atom. The van der Waals surface area contributed by atoms with E-state index in [-0.39, 0.29) is 0 Å². The summed E-state index contributed by atoms with van der Waals surface area (Å²) in [4.78, 5) is 22.5. The summed E-state index contributed by atoms with van der Waals surface area (Å²) in [5, 5.41) is 0. The van der Waals surface area contributed by atoms with Crippen LogP contribution in [0.2, 0.25) is 0 Å². The predicted octanol–water partition coefficient (Wildman–Crippen LogP) is 1.63. The Kier molecular flexibility index (Phi) is 7.25. The van der Waals surface area contributed by atoms with Gasteiger partial charge in [0.1, 0.15) is 0 Å². The van der Waals surface area contributed by atoms with Crippen LogP contribution in [0.5, 0.6) is 0 Å². The Hall–Kier alpha value is -1.32. The summed E-state index contributed by atoms with van der Waals surface area (Å²) in [6.07, 6.45) is 4.71.